The number of hydrogen-bond donors (Lipinski definition) is 0. The van der Waals surface area contributed by atoms with Gasteiger partial charge in [-0.15, -0.1) is 0 Å². The molecule has 1 aromatic heterocycles. The largest absolute Gasteiger partial charge is 0.297 e. The Balaban J connectivity index is 1.86. The van der Waals surface area contributed by atoms with E-state index in [4.69, 9.17) is 5.26 Å². The Hall–Kier alpha value is -2.18. The molecule has 3 heteroatoms. The summed E-state index contributed by atoms with van der Waals surface area (Å²) in [6.45, 7) is 4.66. The maximum atomic E-state index is 8.84. The van der Waals surface area contributed by atoms with Crippen LogP contribution in [0.15, 0.2) is 42.6 Å². The molecule has 0 unspecified atom stereocenters. The van der Waals surface area contributed by atoms with Crippen LogP contribution in [-0.2, 0) is 0 Å². The standard InChI is InChI=1S/C18H19N3/c1-14(21-9-2-3-10-21)16-5-4-6-17(11-16)18-8-7-15(12-19)13-20-18/h4-8,11,13-14H,2-3,9-10H2,1H3/t14-/m0/s1. The molecule has 1 fully saturated rings. The molecular formula is C18H19N3. The summed E-state index contributed by atoms with van der Waals surface area (Å²) in [5.41, 5.74) is 3.97. The van der Waals surface area contributed by atoms with Gasteiger partial charge in [0, 0.05) is 17.8 Å². The molecule has 0 saturated carbocycles. The molecule has 1 aromatic carbocycles. The Morgan fingerprint density at radius 1 is 1.19 bits per heavy atom. The van der Waals surface area contributed by atoms with Crippen molar-refractivity contribution in [3.8, 4) is 17.3 Å². The SMILES string of the molecule is C[C@@H](c1cccc(-c2ccc(C#N)cn2)c1)N1CCCC1. The lowest BCUT2D eigenvalue weighted by Gasteiger charge is -2.24. The van der Waals surface area contributed by atoms with Crippen LogP contribution < -0.4 is 0 Å². The van der Waals surface area contributed by atoms with Gasteiger partial charge in [0.15, 0.2) is 0 Å². The topological polar surface area (TPSA) is 39.9 Å². The van der Waals surface area contributed by atoms with Gasteiger partial charge >= 0.3 is 0 Å². The van der Waals surface area contributed by atoms with Crippen molar-refractivity contribution >= 4 is 0 Å². The molecule has 21 heavy (non-hydrogen) atoms. The van der Waals surface area contributed by atoms with Gasteiger partial charge in [0.1, 0.15) is 6.07 Å². The summed E-state index contributed by atoms with van der Waals surface area (Å²) >= 11 is 0. The van der Waals surface area contributed by atoms with Gasteiger partial charge < -0.3 is 0 Å². The average Bonchev–Trinajstić information content (AvgIpc) is 3.09. The minimum atomic E-state index is 0.450. The summed E-state index contributed by atoms with van der Waals surface area (Å²) in [4.78, 5) is 6.91. The molecule has 0 radical (unpaired) electrons. The van der Waals surface area contributed by atoms with Crippen LogP contribution in [0.4, 0.5) is 0 Å². The zero-order valence-corrected chi connectivity index (χ0v) is 12.3. The van der Waals surface area contributed by atoms with Crippen LogP contribution in [-0.4, -0.2) is 23.0 Å². The van der Waals surface area contributed by atoms with E-state index < -0.39 is 0 Å². The number of pyridine rings is 1. The molecule has 0 amide bonds. The maximum Gasteiger partial charge on any atom is 0.101 e. The minimum absolute atomic E-state index is 0.450. The van der Waals surface area contributed by atoms with E-state index in [-0.39, 0.29) is 0 Å². The van der Waals surface area contributed by atoms with Gasteiger partial charge in [0.25, 0.3) is 0 Å². The Kier molecular flexibility index (Phi) is 3.98. The molecule has 0 aliphatic carbocycles. The highest BCUT2D eigenvalue weighted by Gasteiger charge is 2.19. The second kappa shape index (κ2) is 6.07. The monoisotopic (exact) mass is 277 g/mol. The van der Waals surface area contributed by atoms with Gasteiger partial charge in [-0.2, -0.15) is 5.26 Å². The highest BCUT2D eigenvalue weighted by molar-refractivity contribution is 5.60. The van der Waals surface area contributed by atoms with E-state index in [2.05, 4.69) is 47.1 Å². The van der Waals surface area contributed by atoms with E-state index in [9.17, 15) is 0 Å². The maximum absolute atomic E-state index is 8.84. The van der Waals surface area contributed by atoms with Gasteiger partial charge in [-0.05, 0) is 56.6 Å². The van der Waals surface area contributed by atoms with Crippen LogP contribution in [0.3, 0.4) is 0 Å². The molecule has 2 aromatic rings. The van der Waals surface area contributed by atoms with Crippen LogP contribution in [0.25, 0.3) is 11.3 Å². The first-order chi connectivity index (χ1) is 10.3. The van der Waals surface area contributed by atoms with Crippen molar-refractivity contribution in [1.29, 1.82) is 5.26 Å². The van der Waals surface area contributed by atoms with Gasteiger partial charge in [-0.25, -0.2) is 0 Å². The van der Waals surface area contributed by atoms with Gasteiger partial charge in [-0.3, -0.25) is 9.88 Å². The third-order valence-corrected chi connectivity index (χ3v) is 4.25. The molecule has 106 valence electrons. The Morgan fingerprint density at radius 2 is 2.00 bits per heavy atom. The summed E-state index contributed by atoms with van der Waals surface area (Å²) in [5.74, 6) is 0. The molecule has 1 aliphatic rings. The average molecular weight is 277 g/mol. The normalized spacial score (nSPS) is 16.6. The number of benzene rings is 1. The summed E-state index contributed by atoms with van der Waals surface area (Å²) in [6.07, 6.45) is 4.24. The smallest absolute Gasteiger partial charge is 0.101 e. The lowest BCUT2D eigenvalue weighted by atomic mass is 10.0. The number of likely N-dealkylation sites (tertiary alicyclic amines) is 1. The number of hydrogen-bond acceptors (Lipinski definition) is 3. The number of nitriles is 1. The summed E-state index contributed by atoms with van der Waals surface area (Å²) in [7, 11) is 0. The summed E-state index contributed by atoms with van der Waals surface area (Å²) in [5, 5.41) is 8.84. The quantitative estimate of drug-likeness (QED) is 0.857. The zero-order valence-electron chi connectivity index (χ0n) is 12.3. The molecule has 2 heterocycles. The number of rotatable bonds is 3. The number of nitrogens with zero attached hydrogens (tertiary/aromatic N) is 3. The number of aromatic nitrogens is 1. The predicted molar refractivity (Wildman–Crippen MR) is 83.6 cm³/mol. The fourth-order valence-electron chi connectivity index (χ4n) is 2.93. The van der Waals surface area contributed by atoms with E-state index >= 15 is 0 Å². The molecule has 0 bridgehead atoms. The van der Waals surface area contributed by atoms with Crippen LogP contribution in [0.2, 0.25) is 0 Å². The van der Waals surface area contributed by atoms with E-state index in [1.54, 1.807) is 6.20 Å². The lowest BCUT2D eigenvalue weighted by Crippen LogP contribution is -2.23. The highest BCUT2D eigenvalue weighted by atomic mass is 15.2. The van der Waals surface area contributed by atoms with Crippen molar-refractivity contribution in [3.05, 3.63) is 53.7 Å². The molecular weight excluding hydrogens is 258 g/mol. The van der Waals surface area contributed by atoms with Gasteiger partial charge in [-0.1, -0.05) is 18.2 Å². The molecule has 3 nitrogen and oxygen atoms in total. The highest BCUT2D eigenvalue weighted by Crippen LogP contribution is 2.27. The third kappa shape index (κ3) is 2.96. The fourth-order valence-corrected chi connectivity index (χ4v) is 2.93. The molecule has 1 saturated heterocycles. The summed E-state index contributed by atoms with van der Waals surface area (Å²) < 4.78 is 0. The van der Waals surface area contributed by atoms with Crippen LogP contribution >= 0.6 is 0 Å². The van der Waals surface area contributed by atoms with Crippen molar-refractivity contribution in [3.63, 3.8) is 0 Å². The molecule has 1 atom stereocenters. The minimum Gasteiger partial charge on any atom is -0.297 e. The Labute approximate surface area is 125 Å². The van der Waals surface area contributed by atoms with Crippen molar-refractivity contribution in [1.82, 2.24) is 9.88 Å². The van der Waals surface area contributed by atoms with E-state index in [1.165, 1.54) is 31.5 Å². The van der Waals surface area contributed by atoms with Crippen LogP contribution in [0.5, 0.6) is 0 Å². The first-order valence-corrected chi connectivity index (χ1v) is 7.48. The molecule has 1 aliphatic heterocycles. The predicted octanol–water partition coefficient (Wildman–Crippen LogP) is 3.78. The zero-order chi connectivity index (χ0) is 14.7. The van der Waals surface area contributed by atoms with Crippen molar-refractivity contribution in [2.45, 2.75) is 25.8 Å². The molecule has 0 N–H and O–H groups in total. The van der Waals surface area contributed by atoms with E-state index in [0.717, 1.165) is 11.3 Å². The lowest BCUT2D eigenvalue weighted by molar-refractivity contribution is 0.263. The van der Waals surface area contributed by atoms with Crippen LogP contribution in [0, 0.1) is 11.3 Å². The second-order valence-corrected chi connectivity index (χ2v) is 5.59. The first kappa shape index (κ1) is 13.8. The van der Waals surface area contributed by atoms with Gasteiger partial charge in [0.05, 0.1) is 11.3 Å². The Bertz CT molecular complexity index is 649. The summed E-state index contributed by atoms with van der Waals surface area (Å²) in [6, 6.07) is 14.9. The third-order valence-electron chi connectivity index (χ3n) is 4.25. The Morgan fingerprint density at radius 3 is 2.67 bits per heavy atom. The molecule has 0 spiro atoms. The van der Waals surface area contributed by atoms with Crippen molar-refractivity contribution in [2.75, 3.05) is 13.1 Å². The first-order valence-electron chi connectivity index (χ1n) is 7.48. The van der Waals surface area contributed by atoms with Crippen LogP contribution in [0.1, 0.15) is 36.9 Å². The van der Waals surface area contributed by atoms with Crippen molar-refractivity contribution < 1.29 is 0 Å². The second-order valence-electron chi connectivity index (χ2n) is 5.59. The molecule has 3 rings (SSSR count). The van der Waals surface area contributed by atoms with E-state index in [1.807, 2.05) is 12.1 Å². The fraction of sp³-hybridized carbons (Fsp3) is 0.333. The van der Waals surface area contributed by atoms with E-state index in [0.29, 0.717) is 11.6 Å². The van der Waals surface area contributed by atoms with Gasteiger partial charge in [0.2, 0.25) is 0 Å². The van der Waals surface area contributed by atoms with Crippen molar-refractivity contribution in [2.24, 2.45) is 0 Å².